The molecule has 0 aliphatic carbocycles. The van der Waals surface area contributed by atoms with Crippen molar-refractivity contribution in [2.24, 2.45) is 0 Å². The second-order valence-electron chi connectivity index (χ2n) is 5.93. The van der Waals surface area contributed by atoms with Crippen molar-refractivity contribution in [3.8, 4) is 0 Å². The molecule has 2 N–H and O–H groups in total. The van der Waals surface area contributed by atoms with E-state index in [9.17, 15) is 4.79 Å². The quantitative estimate of drug-likeness (QED) is 0.891. The van der Waals surface area contributed by atoms with Crippen molar-refractivity contribution in [1.82, 2.24) is 20.2 Å². The van der Waals surface area contributed by atoms with Crippen molar-refractivity contribution in [2.45, 2.75) is 39.4 Å². The van der Waals surface area contributed by atoms with Crippen molar-refractivity contribution < 1.29 is 4.79 Å². The van der Waals surface area contributed by atoms with Gasteiger partial charge in [-0.3, -0.25) is 4.79 Å². The lowest BCUT2D eigenvalue weighted by Gasteiger charge is -2.20. The van der Waals surface area contributed by atoms with Gasteiger partial charge < -0.3 is 15.2 Å². The van der Waals surface area contributed by atoms with E-state index in [0.29, 0.717) is 6.54 Å². The Labute approximate surface area is 119 Å². The number of aromatic nitrogens is 2. The normalized spacial score (nSPS) is 11.8. The number of nitrogens with zero attached hydrogens (tertiary/aromatic N) is 2. The van der Waals surface area contributed by atoms with Gasteiger partial charge in [-0.15, -0.1) is 0 Å². The molecule has 0 fully saturated rings. The number of pyridine rings is 1. The van der Waals surface area contributed by atoms with Crippen molar-refractivity contribution in [3.05, 3.63) is 30.1 Å². The molecule has 2 aromatic heterocycles. The van der Waals surface area contributed by atoms with Crippen LogP contribution < -0.4 is 10.6 Å². The maximum absolute atomic E-state index is 11.6. The topological polar surface area (TPSA) is 59.0 Å². The number of nitrogens with one attached hydrogen (secondary N) is 2. The third-order valence-electron chi connectivity index (χ3n) is 3.12. The zero-order chi connectivity index (χ0) is 14.8. The van der Waals surface area contributed by atoms with E-state index in [1.165, 1.54) is 0 Å². The molecule has 0 atom stereocenters. The van der Waals surface area contributed by atoms with Crippen LogP contribution in [0.15, 0.2) is 24.5 Å². The van der Waals surface area contributed by atoms with Gasteiger partial charge in [-0.25, -0.2) is 4.98 Å². The second kappa shape index (κ2) is 5.63. The summed E-state index contributed by atoms with van der Waals surface area (Å²) in [6.07, 6.45) is 3.76. The van der Waals surface area contributed by atoms with Crippen LogP contribution >= 0.6 is 0 Å². The largest absolute Gasteiger partial charge is 0.358 e. The lowest BCUT2D eigenvalue weighted by Crippen LogP contribution is -2.35. The van der Waals surface area contributed by atoms with Crippen molar-refractivity contribution in [3.63, 3.8) is 0 Å². The first-order chi connectivity index (χ1) is 9.40. The van der Waals surface area contributed by atoms with Gasteiger partial charge in [-0.1, -0.05) is 0 Å². The summed E-state index contributed by atoms with van der Waals surface area (Å²) in [5, 5.41) is 7.20. The summed E-state index contributed by atoms with van der Waals surface area (Å²) in [5.41, 5.74) is 2.06. The Morgan fingerprint density at radius 3 is 2.80 bits per heavy atom. The Balaban J connectivity index is 2.33. The van der Waals surface area contributed by atoms with Crippen LogP contribution in [0.1, 0.15) is 26.3 Å². The van der Waals surface area contributed by atoms with Crippen LogP contribution in [0, 0.1) is 0 Å². The maximum Gasteiger partial charge on any atom is 0.239 e. The van der Waals surface area contributed by atoms with E-state index in [2.05, 4.69) is 36.4 Å². The Morgan fingerprint density at radius 2 is 2.15 bits per heavy atom. The van der Waals surface area contributed by atoms with Crippen LogP contribution in [0.4, 0.5) is 0 Å². The smallest absolute Gasteiger partial charge is 0.239 e. The van der Waals surface area contributed by atoms with E-state index in [-0.39, 0.29) is 11.4 Å². The molecule has 1 amide bonds. The van der Waals surface area contributed by atoms with Crippen molar-refractivity contribution >= 4 is 16.9 Å². The number of fused-ring (bicyclic) bond motifs is 1. The summed E-state index contributed by atoms with van der Waals surface area (Å²) in [6.45, 7) is 7.45. The summed E-state index contributed by atoms with van der Waals surface area (Å²) in [5.74, 6) is -0.0251. The second-order valence-corrected chi connectivity index (χ2v) is 5.93. The number of rotatable bonds is 4. The number of likely N-dealkylation sites (N-methyl/N-ethyl adjacent to an activating group) is 1. The molecule has 0 radical (unpaired) electrons. The third-order valence-corrected chi connectivity index (χ3v) is 3.12. The first-order valence-corrected chi connectivity index (χ1v) is 6.79. The van der Waals surface area contributed by atoms with Crippen molar-refractivity contribution in [2.75, 3.05) is 7.05 Å². The van der Waals surface area contributed by atoms with Gasteiger partial charge >= 0.3 is 0 Å². The fraction of sp³-hybridized carbons (Fsp3) is 0.467. The van der Waals surface area contributed by atoms with E-state index < -0.39 is 0 Å². The molecule has 108 valence electrons. The van der Waals surface area contributed by atoms with Crippen LogP contribution in [0.5, 0.6) is 0 Å². The van der Waals surface area contributed by atoms with Gasteiger partial charge in [0.25, 0.3) is 0 Å². The molecule has 2 rings (SSSR count). The van der Waals surface area contributed by atoms with Crippen LogP contribution in [0.25, 0.3) is 11.0 Å². The van der Waals surface area contributed by atoms with Gasteiger partial charge in [-0.05, 0) is 38.5 Å². The van der Waals surface area contributed by atoms with Gasteiger partial charge in [0.2, 0.25) is 5.91 Å². The molecule has 2 aromatic rings. The fourth-order valence-electron chi connectivity index (χ4n) is 2.05. The average molecular weight is 274 g/mol. The molecule has 0 aromatic carbocycles. The minimum Gasteiger partial charge on any atom is -0.358 e. The molecule has 5 nitrogen and oxygen atoms in total. The van der Waals surface area contributed by atoms with Gasteiger partial charge in [0, 0.05) is 36.9 Å². The highest BCUT2D eigenvalue weighted by molar-refractivity contribution is 5.83. The van der Waals surface area contributed by atoms with E-state index >= 15 is 0 Å². The van der Waals surface area contributed by atoms with E-state index in [0.717, 1.165) is 23.1 Å². The third kappa shape index (κ3) is 3.36. The molecular formula is C15H22N4O. The highest BCUT2D eigenvalue weighted by Crippen LogP contribution is 2.20. The fourth-order valence-corrected chi connectivity index (χ4v) is 2.05. The minimum atomic E-state index is -0.0251. The standard InChI is InChI=1S/C15H22N4O/c1-15(2,3)18-8-11-9-19(10-13(20)16-4)14-12(11)6-5-7-17-14/h5-7,9,18H,8,10H2,1-4H3,(H,16,20). The summed E-state index contributed by atoms with van der Waals surface area (Å²) < 4.78 is 1.90. The summed E-state index contributed by atoms with van der Waals surface area (Å²) >= 11 is 0. The molecule has 0 saturated heterocycles. The molecule has 5 heteroatoms. The molecule has 0 aliphatic rings. The monoisotopic (exact) mass is 274 g/mol. The molecule has 2 heterocycles. The average Bonchev–Trinajstić information content (AvgIpc) is 2.74. The molecule has 0 spiro atoms. The van der Waals surface area contributed by atoms with E-state index in [4.69, 9.17) is 0 Å². The van der Waals surface area contributed by atoms with Gasteiger partial charge in [0.05, 0.1) is 0 Å². The Kier molecular flexibility index (Phi) is 4.09. The molecule has 0 bridgehead atoms. The number of amides is 1. The lowest BCUT2D eigenvalue weighted by atomic mass is 10.1. The zero-order valence-electron chi connectivity index (χ0n) is 12.5. The van der Waals surface area contributed by atoms with Crippen LogP contribution in [0.2, 0.25) is 0 Å². The van der Waals surface area contributed by atoms with Crippen LogP contribution in [-0.4, -0.2) is 28.0 Å². The predicted molar refractivity (Wildman–Crippen MR) is 80.4 cm³/mol. The number of carbonyl (C=O) groups is 1. The maximum atomic E-state index is 11.6. The first kappa shape index (κ1) is 14.5. The zero-order valence-corrected chi connectivity index (χ0v) is 12.5. The van der Waals surface area contributed by atoms with Gasteiger partial charge in [0.1, 0.15) is 12.2 Å². The summed E-state index contributed by atoms with van der Waals surface area (Å²) in [4.78, 5) is 16.0. The first-order valence-electron chi connectivity index (χ1n) is 6.79. The van der Waals surface area contributed by atoms with E-state index in [1.807, 2.05) is 22.9 Å². The molecule has 0 aliphatic heterocycles. The van der Waals surface area contributed by atoms with Gasteiger partial charge in [0.15, 0.2) is 0 Å². The number of hydrogen-bond donors (Lipinski definition) is 2. The minimum absolute atomic E-state index is 0.0251. The van der Waals surface area contributed by atoms with Crippen LogP contribution in [-0.2, 0) is 17.9 Å². The van der Waals surface area contributed by atoms with Crippen molar-refractivity contribution in [1.29, 1.82) is 0 Å². The number of hydrogen-bond acceptors (Lipinski definition) is 3. The highest BCUT2D eigenvalue weighted by atomic mass is 16.1. The molecule has 0 saturated carbocycles. The summed E-state index contributed by atoms with van der Waals surface area (Å²) in [6, 6.07) is 3.97. The lowest BCUT2D eigenvalue weighted by molar-refractivity contribution is -0.121. The molecular weight excluding hydrogens is 252 g/mol. The molecule has 0 unspecified atom stereocenters. The molecule has 20 heavy (non-hydrogen) atoms. The highest BCUT2D eigenvalue weighted by Gasteiger charge is 2.14. The van der Waals surface area contributed by atoms with Crippen LogP contribution in [0.3, 0.4) is 0 Å². The SMILES string of the molecule is CNC(=O)Cn1cc(CNC(C)(C)C)c2cccnc21. The Bertz CT molecular complexity index is 610. The van der Waals surface area contributed by atoms with Gasteiger partial charge in [-0.2, -0.15) is 0 Å². The summed E-state index contributed by atoms with van der Waals surface area (Å²) in [7, 11) is 1.64. The van der Waals surface area contributed by atoms with E-state index in [1.54, 1.807) is 13.2 Å². The number of carbonyl (C=O) groups excluding carboxylic acids is 1. The Morgan fingerprint density at radius 1 is 1.40 bits per heavy atom. The Hall–Kier alpha value is -1.88. The predicted octanol–water partition coefficient (Wildman–Crippen LogP) is 1.67.